The third-order valence-corrected chi connectivity index (χ3v) is 3.35. The van der Waals surface area contributed by atoms with Crippen molar-refractivity contribution in [1.82, 2.24) is 5.32 Å². The number of carbonyl (C=O) groups is 1. The smallest absolute Gasteiger partial charge is 0.254 e. The molecule has 0 saturated carbocycles. The summed E-state index contributed by atoms with van der Waals surface area (Å²) in [5.41, 5.74) is 2.33. The van der Waals surface area contributed by atoms with Crippen LogP contribution in [-0.2, 0) is 6.42 Å². The summed E-state index contributed by atoms with van der Waals surface area (Å²) < 4.78 is 13.5. The van der Waals surface area contributed by atoms with Crippen molar-refractivity contribution in [3.63, 3.8) is 0 Å². The minimum Gasteiger partial charge on any atom is -0.345 e. The molecule has 1 N–H and O–H groups in total. The van der Waals surface area contributed by atoms with Crippen molar-refractivity contribution in [2.24, 2.45) is 0 Å². The van der Waals surface area contributed by atoms with Gasteiger partial charge in [0.05, 0.1) is 11.6 Å². The second-order valence-corrected chi connectivity index (χ2v) is 4.77. The lowest BCUT2D eigenvalue weighted by atomic mass is 10.0. The van der Waals surface area contributed by atoms with Crippen molar-refractivity contribution in [3.8, 4) is 0 Å². The van der Waals surface area contributed by atoms with Crippen LogP contribution < -0.4 is 5.32 Å². The highest BCUT2D eigenvalue weighted by atomic mass is 19.1. The lowest BCUT2D eigenvalue weighted by molar-refractivity contribution is 0.0936. The molecule has 0 aliphatic heterocycles. The first-order chi connectivity index (χ1) is 9.61. The van der Waals surface area contributed by atoms with Crippen LogP contribution in [0.1, 0.15) is 41.4 Å². The van der Waals surface area contributed by atoms with E-state index in [0.29, 0.717) is 0 Å². The van der Waals surface area contributed by atoms with Crippen LogP contribution in [0, 0.1) is 5.82 Å². The molecule has 20 heavy (non-hydrogen) atoms. The summed E-state index contributed by atoms with van der Waals surface area (Å²) in [5.74, 6) is -0.895. The number of amides is 1. The van der Waals surface area contributed by atoms with E-state index in [4.69, 9.17) is 0 Å². The van der Waals surface area contributed by atoms with Crippen LogP contribution in [-0.4, -0.2) is 5.91 Å². The second-order valence-electron chi connectivity index (χ2n) is 4.77. The fourth-order valence-corrected chi connectivity index (χ4v) is 2.05. The highest BCUT2D eigenvalue weighted by Crippen LogP contribution is 2.15. The van der Waals surface area contributed by atoms with Gasteiger partial charge >= 0.3 is 0 Å². The average Bonchev–Trinajstić information content (AvgIpc) is 2.47. The Morgan fingerprint density at radius 1 is 1.15 bits per heavy atom. The summed E-state index contributed by atoms with van der Waals surface area (Å²) in [6.45, 7) is 3.98. The SMILES string of the molecule is CCc1ccc([C@H](C)NC(=O)c2ccccc2F)cc1. The molecule has 0 heterocycles. The molecule has 0 spiro atoms. The third kappa shape index (κ3) is 3.23. The molecule has 0 fully saturated rings. The van der Waals surface area contributed by atoms with Gasteiger partial charge in [-0.2, -0.15) is 0 Å². The van der Waals surface area contributed by atoms with Gasteiger partial charge in [0.15, 0.2) is 0 Å². The van der Waals surface area contributed by atoms with Gasteiger partial charge in [0.1, 0.15) is 5.82 Å². The Kier molecular flexibility index (Phi) is 4.51. The molecular formula is C17H18FNO. The number of aryl methyl sites for hydroxylation is 1. The Balaban J connectivity index is 2.09. The molecule has 104 valence electrons. The first-order valence-corrected chi connectivity index (χ1v) is 6.76. The molecule has 2 nitrogen and oxygen atoms in total. The van der Waals surface area contributed by atoms with Crippen molar-refractivity contribution in [2.45, 2.75) is 26.3 Å². The van der Waals surface area contributed by atoms with E-state index in [0.717, 1.165) is 12.0 Å². The van der Waals surface area contributed by atoms with Gasteiger partial charge < -0.3 is 5.32 Å². The summed E-state index contributed by atoms with van der Waals surface area (Å²) >= 11 is 0. The quantitative estimate of drug-likeness (QED) is 0.898. The maximum atomic E-state index is 13.5. The molecule has 0 aromatic heterocycles. The second kappa shape index (κ2) is 6.33. The highest BCUT2D eigenvalue weighted by molar-refractivity contribution is 5.94. The minimum absolute atomic E-state index is 0.0736. The fraction of sp³-hybridized carbons (Fsp3) is 0.235. The monoisotopic (exact) mass is 271 g/mol. The first-order valence-electron chi connectivity index (χ1n) is 6.76. The zero-order valence-electron chi connectivity index (χ0n) is 11.7. The Labute approximate surface area is 118 Å². The molecule has 3 heteroatoms. The van der Waals surface area contributed by atoms with Gasteiger partial charge in [0.2, 0.25) is 0 Å². The van der Waals surface area contributed by atoms with Crippen LogP contribution in [0.25, 0.3) is 0 Å². The van der Waals surface area contributed by atoms with E-state index in [2.05, 4.69) is 12.2 Å². The molecule has 0 bridgehead atoms. The summed E-state index contributed by atoms with van der Waals surface area (Å²) in [6.07, 6.45) is 0.982. The Hall–Kier alpha value is -2.16. The predicted molar refractivity (Wildman–Crippen MR) is 78.1 cm³/mol. The number of hydrogen-bond donors (Lipinski definition) is 1. The largest absolute Gasteiger partial charge is 0.345 e. The van der Waals surface area contributed by atoms with Crippen molar-refractivity contribution in [1.29, 1.82) is 0 Å². The zero-order chi connectivity index (χ0) is 14.5. The Morgan fingerprint density at radius 2 is 1.80 bits per heavy atom. The lowest BCUT2D eigenvalue weighted by Gasteiger charge is -2.15. The standard InChI is InChI=1S/C17H18FNO/c1-3-13-8-10-14(11-9-13)12(2)19-17(20)15-6-4-5-7-16(15)18/h4-12H,3H2,1-2H3,(H,19,20)/t12-/m0/s1. The highest BCUT2D eigenvalue weighted by Gasteiger charge is 2.14. The van der Waals surface area contributed by atoms with E-state index in [1.807, 2.05) is 31.2 Å². The fourth-order valence-electron chi connectivity index (χ4n) is 2.05. The van der Waals surface area contributed by atoms with E-state index >= 15 is 0 Å². The molecule has 0 saturated heterocycles. The third-order valence-electron chi connectivity index (χ3n) is 3.35. The van der Waals surface area contributed by atoms with E-state index in [1.165, 1.54) is 17.7 Å². The predicted octanol–water partition coefficient (Wildman–Crippen LogP) is 3.88. The molecular weight excluding hydrogens is 253 g/mol. The first kappa shape index (κ1) is 14.3. The molecule has 2 aromatic carbocycles. The Bertz CT molecular complexity index is 592. The molecule has 2 rings (SSSR count). The van der Waals surface area contributed by atoms with Crippen LogP contribution in [0.15, 0.2) is 48.5 Å². The molecule has 0 aliphatic carbocycles. The molecule has 1 atom stereocenters. The maximum Gasteiger partial charge on any atom is 0.254 e. The van der Waals surface area contributed by atoms with Gasteiger partial charge in [-0.1, -0.05) is 43.3 Å². The lowest BCUT2D eigenvalue weighted by Crippen LogP contribution is -2.27. The minimum atomic E-state index is -0.501. The maximum absolute atomic E-state index is 13.5. The van der Waals surface area contributed by atoms with Gasteiger partial charge in [-0.3, -0.25) is 4.79 Å². The zero-order valence-corrected chi connectivity index (χ0v) is 11.7. The van der Waals surface area contributed by atoms with Gasteiger partial charge in [0.25, 0.3) is 5.91 Å². The number of hydrogen-bond acceptors (Lipinski definition) is 1. The van der Waals surface area contributed by atoms with Crippen LogP contribution in [0.4, 0.5) is 4.39 Å². The van der Waals surface area contributed by atoms with Gasteiger partial charge in [-0.05, 0) is 36.6 Å². The van der Waals surface area contributed by atoms with Crippen LogP contribution in [0.5, 0.6) is 0 Å². The number of benzene rings is 2. The van der Waals surface area contributed by atoms with Gasteiger partial charge in [0, 0.05) is 0 Å². The van der Waals surface area contributed by atoms with Crippen LogP contribution in [0.2, 0.25) is 0 Å². The topological polar surface area (TPSA) is 29.1 Å². The molecule has 0 unspecified atom stereocenters. The van der Waals surface area contributed by atoms with E-state index in [1.54, 1.807) is 12.1 Å². The van der Waals surface area contributed by atoms with Gasteiger partial charge in [-0.25, -0.2) is 4.39 Å². The number of carbonyl (C=O) groups excluding carboxylic acids is 1. The summed E-state index contributed by atoms with van der Waals surface area (Å²) in [6, 6.07) is 13.9. The summed E-state index contributed by atoms with van der Waals surface area (Å²) in [7, 11) is 0. The normalized spacial score (nSPS) is 11.9. The van der Waals surface area contributed by atoms with E-state index in [-0.39, 0.29) is 11.6 Å². The van der Waals surface area contributed by atoms with Crippen molar-refractivity contribution in [2.75, 3.05) is 0 Å². The average molecular weight is 271 g/mol. The Morgan fingerprint density at radius 3 is 2.40 bits per heavy atom. The number of nitrogens with one attached hydrogen (secondary N) is 1. The number of rotatable bonds is 4. The van der Waals surface area contributed by atoms with E-state index < -0.39 is 11.7 Å². The molecule has 0 aliphatic rings. The van der Waals surface area contributed by atoms with Crippen LogP contribution in [0.3, 0.4) is 0 Å². The summed E-state index contributed by atoms with van der Waals surface area (Å²) in [5, 5.41) is 2.81. The molecule has 1 amide bonds. The van der Waals surface area contributed by atoms with Gasteiger partial charge in [-0.15, -0.1) is 0 Å². The molecule has 0 radical (unpaired) electrons. The van der Waals surface area contributed by atoms with Crippen molar-refractivity contribution >= 4 is 5.91 Å². The van der Waals surface area contributed by atoms with E-state index in [9.17, 15) is 9.18 Å². The van der Waals surface area contributed by atoms with Crippen molar-refractivity contribution in [3.05, 3.63) is 71.0 Å². The molecule has 2 aromatic rings. The summed E-state index contributed by atoms with van der Waals surface area (Å²) in [4.78, 5) is 12.0. The number of halogens is 1. The van der Waals surface area contributed by atoms with Crippen LogP contribution >= 0.6 is 0 Å². The van der Waals surface area contributed by atoms with Crippen molar-refractivity contribution < 1.29 is 9.18 Å².